The predicted molar refractivity (Wildman–Crippen MR) is 152 cm³/mol. The van der Waals surface area contributed by atoms with Crippen molar-refractivity contribution in [3.05, 3.63) is 94.5 Å². The molecular formula is C28H31Cl2N3O4S. The number of hydrogen-bond donors (Lipinski definition) is 1. The molecule has 10 heteroatoms. The molecule has 0 saturated heterocycles. The smallest absolute Gasteiger partial charge is 0.264 e. The lowest BCUT2D eigenvalue weighted by Crippen LogP contribution is -2.53. The largest absolute Gasteiger partial charge is 0.352 e. The van der Waals surface area contributed by atoms with Crippen molar-refractivity contribution < 1.29 is 18.0 Å². The number of nitrogens with zero attached hydrogens (tertiary/aromatic N) is 2. The third-order valence-electron chi connectivity index (χ3n) is 5.80. The fraction of sp³-hybridized carbons (Fsp3) is 0.286. The Kier molecular flexibility index (Phi) is 10.2. The Balaban J connectivity index is 2.07. The van der Waals surface area contributed by atoms with E-state index in [1.54, 1.807) is 18.2 Å². The zero-order valence-electron chi connectivity index (χ0n) is 21.5. The molecule has 202 valence electrons. The Morgan fingerprint density at radius 3 is 2.08 bits per heavy atom. The molecule has 7 nitrogen and oxygen atoms in total. The van der Waals surface area contributed by atoms with Gasteiger partial charge in [0.1, 0.15) is 12.6 Å². The minimum atomic E-state index is -4.20. The summed E-state index contributed by atoms with van der Waals surface area (Å²) in [7, 11) is -4.20. The molecule has 1 atom stereocenters. The number of carbonyl (C=O) groups is 2. The molecule has 1 unspecified atom stereocenters. The summed E-state index contributed by atoms with van der Waals surface area (Å²) in [4.78, 5) is 28.5. The van der Waals surface area contributed by atoms with Crippen molar-refractivity contribution in [2.24, 2.45) is 0 Å². The van der Waals surface area contributed by atoms with Gasteiger partial charge in [0.25, 0.3) is 10.0 Å². The maximum absolute atomic E-state index is 13.9. The quantitative estimate of drug-likeness (QED) is 0.326. The Morgan fingerprint density at radius 2 is 1.53 bits per heavy atom. The molecule has 0 heterocycles. The summed E-state index contributed by atoms with van der Waals surface area (Å²) in [5, 5.41) is 3.27. The summed E-state index contributed by atoms with van der Waals surface area (Å²) in [6, 6.07) is 20.5. The van der Waals surface area contributed by atoms with Gasteiger partial charge in [0.05, 0.1) is 15.6 Å². The van der Waals surface area contributed by atoms with Gasteiger partial charge in [-0.3, -0.25) is 13.9 Å². The van der Waals surface area contributed by atoms with Crippen LogP contribution < -0.4 is 9.62 Å². The highest BCUT2D eigenvalue weighted by molar-refractivity contribution is 7.92. The van der Waals surface area contributed by atoms with E-state index >= 15 is 0 Å². The summed E-state index contributed by atoms with van der Waals surface area (Å²) in [6.07, 6.45) is 0.338. The fourth-order valence-corrected chi connectivity index (χ4v) is 6.01. The van der Waals surface area contributed by atoms with Crippen molar-refractivity contribution in [3.63, 3.8) is 0 Å². The van der Waals surface area contributed by atoms with Gasteiger partial charge in [-0.05, 0) is 56.2 Å². The number of nitrogens with one attached hydrogen (secondary N) is 1. The van der Waals surface area contributed by atoms with Crippen molar-refractivity contribution in [1.82, 2.24) is 10.2 Å². The van der Waals surface area contributed by atoms with E-state index in [0.717, 1.165) is 9.87 Å². The van der Waals surface area contributed by atoms with Crippen molar-refractivity contribution >= 4 is 50.7 Å². The van der Waals surface area contributed by atoms with Gasteiger partial charge < -0.3 is 10.2 Å². The third kappa shape index (κ3) is 7.28. The van der Waals surface area contributed by atoms with E-state index in [-0.39, 0.29) is 34.1 Å². The molecule has 38 heavy (non-hydrogen) atoms. The van der Waals surface area contributed by atoms with Crippen LogP contribution in [0.2, 0.25) is 10.0 Å². The van der Waals surface area contributed by atoms with Crippen LogP contribution in [-0.4, -0.2) is 43.8 Å². The highest BCUT2D eigenvalue weighted by Crippen LogP contribution is 2.33. The lowest BCUT2D eigenvalue weighted by atomic mass is 10.1. The lowest BCUT2D eigenvalue weighted by molar-refractivity contribution is -0.140. The van der Waals surface area contributed by atoms with Crippen molar-refractivity contribution in [2.75, 3.05) is 10.8 Å². The summed E-state index contributed by atoms with van der Waals surface area (Å²) in [5.74, 6) is -0.862. The normalized spacial score (nSPS) is 12.2. The monoisotopic (exact) mass is 575 g/mol. The van der Waals surface area contributed by atoms with Gasteiger partial charge >= 0.3 is 0 Å². The minimum Gasteiger partial charge on any atom is -0.352 e. The van der Waals surface area contributed by atoms with Crippen LogP contribution in [0.3, 0.4) is 0 Å². The predicted octanol–water partition coefficient (Wildman–Crippen LogP) is 5.52. The van der Waals surface area contributed by atoms with E-state index in [0.29, 0.717) is 11.4 Å². The first-order valence-corrected chi connectivity index (χ1v) is 14.4. The van der Waals surface area contributed by atoms with Gasteiger partial charge in [0.2, 0.25) is 11.8 Å². The Bertz CT molecular complexity index is 1350. The van der Waals surface area contributed by atoms with Gasteiger partial charge in [-0.2, -0.15) is 0 Å². The van der Waals surface area contributed by atoms with Crippen LogP contribution in [0.1, 0.15) is 32.8 Å². The Hall–Kier alpha value is -3.07. The number of benzene rings is 3. The first kappa shape index (κ1) is 29.5. The van der Waals surface area contributed by atoms with E-state index in [4.69, 9.17) is 23.2 Å². The molecule has 0 aromatic heterocycles. The molecule has 0 fully saturated rings. The van der Waals surface area contributed by atoms with Gasteiger partial charge in [-0.25, -0.2) is 8.42 Å². The second kappa shape index (κ2) is 13.1. The Labute approximate surface area is 234 Å². The summed E-state index contributed by atoms with van der Waals surface area (Å²) < 4.78 is 28.5. The van der Waals surface area contributed by atoms with Crippen LogP contribution in [0.4, 0.5) is 5.69 Å². The summed E-state index contributed by atoms with van der Waals surface area (Å²) in [6.45, 7) is 5.04. The van der Waals surface area contributed by atoms with Crippen LogP contribution in [0.5, 0.6) is 0 Å². The minimum absolute atomic E-state index is 0.00183. The number of hydrogen-bond acceptors (Lipinski definition) is 4. The number of sulfonamides is 1. The van der Waals surface area contributed by atoms with Crippen LogP contribution in [0.15, 0.2) is 83.8 Å². The molecule has 1 N–H and O–H groups in total. The van der Waals surface area contributed by atoms with Crippen molar-refractivity contribution in [2.45, 2.75) is 50.7 Å². The molecular weight excluding hydrogens is 545 g/mol. The average Bonchev–Trinajstić information content (AvgIpc) is 2.88. The van der Waals surface area contributed by atoms with Crippen LogP contribution >= 0.6 is 23.2 Å². The molecule has 3 aromatic carbocycles. The van der Waals surface area contributed by atoms with Gasteiger partial charge in [-0.1, -0.05) is 78.7 Å². The number of amides is 2. The lowest BCUT2D eigenvalue weighted by Gasteiger charge is -2.33. The second-order valence-corrected chi connectivity index (χ2v) is 11.7. The van der Waals surface area contributed by atoms with E-state index in [2.05, 4.69) is 5.32 Å². The maximum Gasteiger partial charge on any atom is 0.264 e. The van der Waals surface area contributed by atoms with E-state index in [1.165, 1.54) is 35.2 Å². The Morgan fingerprint density at radius 1 is 0.921 bits per heavy atom. The first-order chi connectivity index (χ1) is 18.0. The topological polar surface area (TPSA) is 86.8 Å². The average molecular weight is 577 g/mol. The highest BCUT2D eigenvalue weighted by Gasteiger charge is 2.34. The second-order valence-electron chi connectivity index (χ2n) is 9.02. The van der Waals surface area contributed by atoms with Crippen LogP contribution in [0, 0.1) is 0 Å². The van der Waals surface area contributed by atoms with Gasteiger partial charge in [-0.15, -0.1) is 0 Å². The fourth-order valence-electron chi connectivity index (χ4n) is 4.00. The van der Waals surface area contributed by atoms with Gasteiger partial charge in [0, 0.05) is 17.6 Å². The summed E-state index contributed by atoms with van der Waals surface area (Å²) in [5.41, 5.74) is 0.909. The number of halogens is 2. The first-order valence-electron chi connectivity index (χ1n) is 12.2. The third-order valence-corrected chi connectivity index (χ3v) is 8.11. The SMILES string of the molecule is CCC(C(=O)NC(C)C)N(Cc1ccccc1)C(=O)CN(c1ccc(Cl)cc1Cl)S(=O)(=O)c1ccccc1. The van der Waals surface area contributed by atoms with Crippen molar-refractivity contribution in [1.29, 1.82) is 0 Å². The molecule has 0 spiro atoms. The molecule has 0 aliphatic rings. The molecule has 0 saturated carbocycles. The molecule has 2 amide bonds. The van der Waals surface area contributed by atoms with Crippen LogP contribution in [0.25, 0.3) is 0 Å². The molecule has 3 aromatic rings. The number of anilines is 1. The number of rotatable bonds is 11. The van der Waals surface area contributed by atoms with Crippen LogP contribution in [-0.2, 0) is 26.2 Å². The molecule has 3 rings (SSSR count). The van der Waals surface area contributed by atoms with E-state index < -0.39 is 28.5 Å². The van der Waals surface area contributed by atoms with E-state index in [9.17, 15) is 18.0 Å². The number of carbonyl (C=O) groups excluding carboxylic acids is 2. The maximum atomic E-state index is 13.9. The summed E-state index contributed by atoms with van der Waals surface area (Å²) >= 11 is 12.5. The zero-order valence-corrected chi connectivity index (χ0v) is 23.8. The standard InChI is InChI=1S/C28H31Cl2N3O4S/c1-4-25(28(35)31-20(2)3)32(18-21-11-7-5-8-12-21)27(34)19-33(26-16-15-22(29)17-24(26)30)38(36,37)23-13-9-6-10-14-23/h5-17,20,25H,4,18-19H2,1-3H3,(H,31,35). The zero-order chi connectivity index (χ0) is 27.9. The molecule has 0 aliphatic heterocycles. The molecule has 0 aliphatic carbocycles. The van der Waals surface area contributed by atoms with E-state index in [1.807, 2.05) is 51.1 Å². The molecule has 0 bridgehead atoms. The highest BCUT2D eigenvalue weighted by atomic mass is 35.5. The van der Waals surface area contributed by atoms with Gasteiger partial charge in [0.15, 0.2) is 0 Å². The van der Waals surface area contributed by atoms with Crippen molar-refractivity contribution in [3.8, 4) is 0 Å². The molecule has 0 radical (unpaired) electrons.